The smallest absolute Gasteiger partial charge is 0.379 e. The van der Waals surface area contributed by atoms with Gasteiger partial charge < -0.3 is 18.3 Å². The third-order valence-corrected chi connectivity index (χ3v) is 4.11. The van der Waals surface area contributed by atoms with Crippen LogP contribution < -0.4 is 0 Å². The molecule has 148 valence electrons. The molecular weight excluding hydrogens is 384 g/mol. The van der Waals surface area contributed by atoms with E-state index in [1.165, 1.54) is 24.7 Å². The van der Waals surface area contributed by atoms with E-state index < -0.39 is 11.9 Å². The fourth-order valence-electron chi connectivity index (χ4n) is 2.73. The van der Waals surface area contributed by atoms with Gasteiger partial charge in [0.25, 0.3) is 0 Å². The molecule has 6 heteroatoms. The van der Waals surface area contributed by atoms with Crippen LogP contribution in [0, 0.1) is 0 Å². The van der Waals surface area contributed by atoms with Gasteiger partial charge in [-0.2, -0.15) is 0 Å². The van der Waals surface area contributed by atoms with Gasteiger partial charge in [0.15, 0.2) is 11.5 Å². The molecule has 0 aliphatic carbocycles. The lowest BCUT2D eigenvalue weighted by atomic mass is 10.1. The number of rotatable bonds is 6. The van der Waals surface area contributed by atoms with Gasteiger partial charge in [0.1, 0.15) is 0 Å². The first-order chi connectivity index (χ1) is 14.7. The van der Waals surface area contributed by atoms with Gasteiger partial charge >= 0.3 is 11.9 Å². The van der Waals surface area contributed by atoms with Crippen LogP contribution in [0.25, 0.3) is 11.5 Å². The van der Waals surface area contributed by atoms with E-state index in [9.17, 15) is 9.59 Å². The number of hydrogen-bond donors (Lipinski definition) is 0. The van der Waals surface area contributed by atoms with Crippen molar-refractivity contribution in [2.24, 2.45) is 0 Å². The Morgan fingerprint density at radius 2 is 0.933 bits per heavy atom. The average Bonchev–Trinajstić information content (AvgIpc) is 3.52. The molecule has 2 aromatic carbocycles. The molecule has 0 amide bonds. The fraction of sp³-hybridized carbons (Fsp3) is 0. The minimum atomic E-state index is -0.721. The van der Waals surface area contributed by atoms with E-state index >= 15 is 0 Å². The Bertz CT molecular complexity index is 1050. The van der Waals surface area contributed by atoms with Crippen molar-refractivity contribution < 1.29 is 27.9 Å². The Morgan fingerprint density at radius 1 is 0.533 bits per heavy atom. The number of esters is 2. The van der Waals surface area contributed by atoms with E-state index in [2.05, 4.69) is 0 Å². The molecule has 2 heterocycles. The minimum absolute atomic E-state index is 0.0215. The van der Waals surface area contributed by atoms with Crippen molar-refractivity contribution in [3.05, 3.63) is 120 Å². The largest absolute Gasteiger partial charge is 0.457 e. The molecule has 0 spiro atoms. The summed E-state index contributed by atoms with van der Waals surface area (Å²) in [5.74, 6) is -1.25. The van der Waals surface area contributed by atoms with E-state index in [-0.39, 0.29) is 23.0 Å². The van der Waals surface area contributed by atoms with Crippen LogP contribution in [0.3, 0.4) is 0 Å². The topological polar surface area (TPSA) is 78.9 Å². The van der Waals surface area contributed by atoms with Gasteiger partial charge in [-0.3, -0.25) is 0 Å². The summed E-state index contributed by atoms with van der Waals surface area (Å²) in [6.07, 6.45) is 2.75. The summed E-state index contributed by atoms with van der Waals surface area (Å²) in [4.78, 5) is 25.3. The van der Waals surface area contributed by atoms with Crippen molar-refractivity contribution in [1.82, 2.24) is 0 Å². The number of carbonyl (C=O) groups is 2. The van der Waals surface area contributed by atoms with Gasteiger partial charge in [-0.05, 0) is 24.3 Å². The van der Waals surface area contributed by atoms with E-state index in [0.29, 0.717) is 11.1 Å². The molecule has 0 aliphatic rings. The monoisotopic (exact) mass is 400 g/mol. The van der Waals surface area contributed by atoms with Crippen molar-refractivity contribution >= 4 is 23.5 Å². The summed E-state index contributed by atoms with van der Waals surface area (Å²) in [5.41, 5.74) is 1.09. The lowest BCUT2D eigenvalue weighted by Gasteiger charge is -2.15. The van der Waals surface area contributed by atoms with Crippen LogP contribution in [0.5, 0.6) is 0 Å². The molecule has 0 radical (unpaired) electrons. The highest BCUT2D eigenvalue weighted by molar-refractivity contribution is 5.99. The molecule has 0 aliphatic heterocycles. The summed E-state index contributed by atoms with van der Waals surface area (Å²) in [5, 5.41) is 0. The maximum absolute atomic E-state index is 12.6. The van der Waals surface area contributed by atoms with Crippen LogP contribution in [0.4, 0.5) is 0 Å². The third kappa shape index (κ3) is 4.23. The van der Waals surface area contributed by atoms with Crippen molar-refractivity contribution in [2.75, 3.05) is 0 Å². The first-order valence-corrected chi connectivity index (χ1v) is 9.09. The molecular formula is C24H16O6. The zero-order chi connectivity index (χ0) is 20.8. The molecule has 0 fully saturated rings. The van der Waals surface area contributed by atoms with Crippen molar-refractivity contribution in [3.63, 3.8) is 0 Å². The maximum Gasteiger partial charge on any atom is 0.379 e. The van der Waals surface area contributed by atoms with E-state index in [4.69, 9.17) is 18.3 Å². The summed E-state index contributed by atoms with van der Waals surface area (Å²) < 4.78 is 21.6. The first kappa shape index (κ1) is 19.0. The Labute approximate surface area is 172 Å². The molecule has 0 unspecified atom stereocenters. The van der Waals surface area contributed by atoms with Crippen LogP contribution in [-0.4, -0.2) is 11.9 Å². The highest BCUT2D eigenvalue weighted by atomic mass is 16.6. The normalized spacial score (nSPS) is 11.5. The van der Waals surface area contributed by atoms with Gasteiger partial charge in [0.05, 0.1) is 12.5 Å². The fourth-order valence-corrected chi connectivity index (χ4v) is 2.73. The Kier molecular flexibility index (Phi) is 5.57. The number of benzene rings is 2. The number of carbonyl (C=O) groups excluding carboxylic acids is 2. The zero-order valence-corrected chi connectivity index (χ0v) is 15.7. The summed E-state index contributed by atoms with van der Waals surface area (Å²) in [7, 11) is 0. The SMILES string of the molecule is O=C(OC(=C(OC(=O)c1ccco1)c1ccccc1)c1ccccc1)c1ccco1. The molecule has 0 N–H and O–H groups in total. The quantitative estimate of drug-likeness (QED) is 0.245. The number of furan rings is 2. The van der Waals surface area contributed by atoms with Crippen molar-refractivity contribution in [3.8, 4) is 0 Å². The maximum atomic E-state index is 12.6. The molecule has 2 aromatic heterocycles. The van der Waals surface area contributed by atoms with Crippen LogP contribution >= 0.6 is 0 Å². The van der Waals surface area contributed by atoms with Crippen LogP contribution in [0.15, 0.2) is 106 Å². The van der Waals surface area contributed by atoms with Crippen molar-refractivity contribution in [1.29, 1.82) is 0 Å². The minimum Gasteiger partial charge on any atom is -0.457 e. The van der Waals surface area contributed by atoms with Crippen LogP contribution in [0.1, 0.15) is 32.2 Å². The lowest BCUT2D eigenvalue weighted by molar-refractivity contribution is 0.0613. The first-order valence-electron chi connectivity index (χ1n) is 9.09. The average molecular weight is 400 g/mol. The third-order valence-electron chi connectivity index (χ3n) is 4.11. The Morgan fingerprint density at radius 3 is 1.27 bits per heavy atom. The van der Waals surface area contributed by atoms with Crippen LogP contribution in [0.2, 0.25) is 0 Å². The van der Waals surface area contributed by atoms with E-state index in [1.54, 1.807) is 60.7 Å². The molecule has 30 heavy (non-hydrogen) atoms. The van der Waals surface area contributed by atoms with Crippen molar-refractivity contribution in [2.45, 2.75) is 0 Å². The van der Waals surface area contributed by atoms with Gasteiger partial charge in [-0.25, -0.2) is 9.59 Å². The zero-order valence-electron chi connectivity index (χ0n) is 15.7. The summed E-state index contributed by atoms with van der Waals surface area (Å²) in [6, 6.07) is 23.9. The molecule has 0 saturated heterocycles. The van der Waals surface area contributed by atoms with E-state index in [0.717, 1.165) is 0 Å². The standard InChI is InChI=1S/C24H16O6/c25-23(19-13-7-15-27-19)29-21(17-9-3-1-4-10-17)22(18-11-5-2-6-12-18)30-24(26)20-14-8-16-28-20/h1-16H. The van der Waals surface area contributed by atoms with E-state index in [1.807, 2.05) is 12.1 Å². The van der Waals surface area contributed by atoms with Gasteiger partial charge in [0.2, 0.25) is 11.5 Å². The highest BCUT2D eigenvalue weighted by Gasteiger charge is 2.24. The second kappa shape index (κ2) is 8.79. The van der Waals surface area contributed by atoms with Gasteiger partial charge in [-0.1, -0.05) is 60.7 Å². The van der Waals surface area contributed by atoms with Gasteiger partial charge in [-0.15, -0.1) is 0 Å². The predicted octanol–water partition coefficient (Wildman–Crippen LogP) is 5.41. The second-order valence-corrected chi connectivity index (χ2v) is 6.12. The Balaban J connectivity index is 1.83. The second-order valence-electron chi connectivity index (χ2n) is 6.12. The van der Waals surface area contributed by atoms with Gasteiger partial charge in [0, 0.05) is 11.1 Å². The summed E-state index contributed by atoms with van der Waals surface area (Å²) in [6.45, 7) is 0. The Hall–Kier alpha value is -4.32. The molecule has 4 aromatic rings. The van der Waals surface area contributed by atoms with Crippen LogP contribution in [-0.2, 0) is 9.47 Å². The molecule has 4 rings (SSSR count). The number of hydrogen-bond acceptors (Lipinski definition) is 6. The summed E-state index contributed by atoms with van der Waals surface area (Å²) >= 11 is 0. The molecule has 6 nitrogen and oxygen atoms in total. The highest BCUT2D eigenvalue weighted by Crippen LogP contribution is 2.30. The molecule has 0 atom stereocenters. The molecule has 0 saturated carbocycles. The lowest BCUT2D eigenvalue weighted by Crippen LogP contribution is -2.10. The number of ether oxygens (including phenoxy) is 2. The predicted molar refractivity (Wildman–Crippen MR) is 108 cm³/mol. The molecule has 0 bridgehead atoms.